The van der Waals surface area contributed by atoms with Crippen LogP contribution in [0.2, 0.25) is 0 Å². The molecule has 1 aliphatic carbocycles. The Bertz CT molecular complexity index is 425. The summed E-state index contributed by atoms with van der Waals surface area (Å²) in [7, 11) is 0. The van der Waals surface area contributed by atoms with E-state index < -0.39 is 5.97 Å². The Morgan fingerprint density at radius 1 is 0.926 bits per heavy atom. The lowest BCUT2D eigenvalue weighted by molar-refractivity contribution is -0.141. The first-order chi connectivity index (χ1) is 12.6. The molecule has 4 nitrogen and oxygen atoms in total. The minimum Gasteiger partial charge on any atom is -0.481 e. The van der Waals surface area contributed by atoms with E-state index >= 15 is 0 Å². The molecule has 0 heterocycles. The number of carboxylic acid groups (broad SMARTS) is 1. The number of rotatable bonds is 13. The van der Waals surface area contributed by atoms with Gasteiger partial charge in [0.05, 0.1) is 12.0 Å². The molecule has 0 amide bonds. The van der Waals surface area contributed by atoms with Crippen molar-refractivity contribution < 1.29 is 19.7 Å². The highest BCUT2D eigenvalue weighted by Gasteiger charge is 2.38. The third-order valence-corrected chi connectivity index (χ3v) is 7.02. The van der Waals surface area contributed by atoms with Gasteiger partial charge in [0.2, 0.25) is 0 Å². The molecule has 0 spiro atoms. The topological polar surface area (TPSA) is 66.8 Å². The smallest absolute Gasteiger partial charge is 0.306 e. The van der Waals surface area contributed by atoms with Crippen LogP contribution in [0.1, 0.15) is 98.8 Å². The molecule has 1 fully saturated rings. The van der Waals surface area contributed by atoms with E-state index in [1.807, 2.05) is 0 Å². The Kier molecular flexibility index (Phi) is 10.3. The van der Waals surface area contributed by atoms with E-state index in [4.69, 9.17) is 9.84 Å². The minimum atomic E-state index is -0.759. The van der Waals surface area contributed by atoms with Crippen LogP contribution in [-0.2, 0) is 9.53 Å². The summed E-state index contributed by atoms with van der Waals surface area (Å²) < 4.78 is 5.88. The third-order valence-electron chi connectivity index (χ3n) is 7.02. The fourth-order valence-corrected chi connectivity index (χ4v) is 3.85. The number of carboxylic acids is 1. The number of ether oxygens (including phenoxy) is 1. The van der Waals surface area contributed by atoms with E-state index in [-0.39, 0.29) is 24.5 Å². The summed E-state index contributed by atoms with van der Waals surface area (Å²) in [5.74, 6) is -1.12. The van der Waals surface area contributed by atoms with Gasteiger partial charge in [0.25, 0.3) is 0 Å². The van der Waals surface area contributed by atoms with Crippen LogP contribution in [0.5, 0.6) is 0 Å². The quantitative estimate of drug-likeness (QED) is 0.402. The van der Waals surface area contributed by atoms with Gasteiger partial charge >= 0.3 is 5.97 Å². The molecule has 0 radical (unpaired) electrons. The van der Waals surface area contributed by atoms with Gasteiger partial charge in [0.15, 0.2) is 0 Å². The largest absolute Gasteiger partial charge is 0.481 e. The molecule has 0 aromatic heterocycles. The molecule has 0 saturated heterocycles. The number of unbranched alkanes of at least 4 members (excludes halogenated alkanes) is 6. The average Bonchev–Trinajstić information content (AvgIpc) is 2.99. The molecular formula is C23H44O4. The molecule has 3 atom stereocenters. The maximum absolute atomic E-state index is 11.1. The second-order valence-corrected chi connectivity index (χ2v) is 10.2. The van der Waals surface area contributed by atoms with E-state index in [2.05, 4.69) is 34.6 Å². The molecule has 0 aromatic rings. The van der Waals surface area contributed by atoms with Crippen LogP contribution in [0.15, 0.2) is 0 Å². The van der Waals surface area contributed by atoms with E-state index in [1.165, 1.54) is 44.9 Å². The van der Waals surface area contributed by atoms with Crippen molar-refractivity contribution in [1.82, 2.24) is 0 Å². The van der Waals surface area contributed by atoms with Crippen LogP contribution >= 0.6 is 0 Å². The standard InChI is InChI=1S/C23H44O4/c1-22(2,3)23(4,5)13-11-9-7-6-8-10-12-14-27-20-16-18(21(25)26)15-19(20)17-24/h18-20,24H,6-17H2,1-5H3,(H,25,26)/t18-,19-,20-/m0/s1. The molecule has 2 N–H and O–H groups in total. The Balaban J connectivity index is 2.01. The molecule has 1 aliphatic rings. The second kappa shape index (κ2) is 11.4. The number of aliphatic carboxylic acids is 1. The van der Waals surface area contributed by atoms with Crippen LogP contribution in [-0.4, -0.2) is 35.5 Å². The molecule has 0 bridgehead atoms. The van der Waals surface area contributed by atoms with Crippen molar-refractivity contribution in [3.8, 4) is 0 Å². The van der Waals surface area contributed by atoms with Crippen molar-refractivity contribution in [1.29, 1.82) is 0 Å². The average molecular weight is 385 g/mol. The fourth-order valence-electron chi connectivity index (χ4n) is 3.85. The Morgan fingerprint density at radius 2 is 1.48 bits per heavy atom. The molecule has 1 rings (SSSR count). The molecule has 160 valence electrons. The number of aliphatic hydroxyl groups is 1. The molecule has 4 heteroatoms. The summed E-state index contributed by atoms with van der Waals surface area (Å²) >= 11 is 0. The fraction of sp³-hybridized carbons (Fsp3) is 0.957. The predicted molar refractivity (Wildman–Crippen MR) is 111 cm³/mol. The zero-order valence-electron chi connectivity index (χ0n) is 18.4. The van der Waals surface area contributed by atoms with Gasteiger partial charge in [-0.05, 0) is 36.5 Å². The highest BCUT2D eigenvalue weighted by atomic mass is 16.5. The summed E-state index contributed by atoms with van der Waals surface area (Å²) in [6.45, 7) is 12.5. The first kappa shape index (κ1) is 24.4. The van der Waals surface area contributed by atoms with Gasteiger partial charge in [0, 0.05) is 19.1 Å². The maximum Gasteiger partial charge on any atom is 0.306 e. The zero-order chi connectivity index (χ0) is 20.5. The number of aliphatic hydroxyl groups excluding tert-OH is 1. The number of hydrogen-bond donors (Lipinski definition) is 2. The highest BCUT2D eigenvalue weighted by Crippen LogP contribution is 2.42. The van der Waals surface area contributed by atoms with E-state index in [1.54, 1.807) is 0 Å². The summed E-state index contributed by atoms with van der Waals surface area (Å²) in [5, 5.41) is 18.5. The van der Waals surface area contributed by atoms with Gasteiger partial charge in [-0.2, -0.15) is 0 Å². The van der Waals surface area contributed by atoms with Gasteiger partial charge in [-0.25, -0.2) is 0 Å². The predicted octanol–water partition coefficient (Wildman–Crippen LogP) is 5.67. The number of carbonyl (C=O) groups is 1. The lowest BCUT2D eigenvalue weighted by Gasteiger charge is -2.39. The molecule has 27 heavy (non-hydrogen) atoms. The Morgan fingerprint density at radius 3 is 2.00 bits per heavy atom. The van der Waals surface area contributed by atoms with Crippen LogP contribution in [0.25, 0.3) is 0 Å². The molecule has 1 saturated carbocycles. The zero-order valence-corrected chi connectivity index (χ0v) is 18.4. The summed E-state index contributed by atoms with van der Waals surface area (Å²) in [6.07, 6.45) is 11.0. The van der Waals surface area contributed by atoms with Crippen molar-refractivity contribution in [3.63, 3.8) is 0 Å². The van der Waals surface area contributed by atoms with E-state index in [0.717, 1.165) is 6.42 Å². The van der Waals surface area contributed by atoms with Crippen molar-refractivity contribution in [3.05, 3.63) is 0 Å². The third kappa shape index (κ3) is 8.51. The summed E-state index contributed by atoms with van der Waals surface area (Å²) in [5.41, 5.74) is 0.766. The minimum absolute atomic E-state index is 0.0107. The second-order valence-electron chi connectivity index (χ2n) is 10.2. The Labute approximate surface area is 167 Å². The molecule has 0 aliphatic heterocycles. The summed E-state index contributed by atoms with van der Waals surface area (Å²) in [4.78, 5) is 11.1. The first-order valence-corrected chi connectivity index (χ1v) is 11.0. The van der Waals surface area contributed by atoms with Gasteiger partial charge < -0.3 is 14.9 Å². The first-order valence-electron chi connectivity index (χ1n) is 11.0. The number of hydrogen-bond acceptors (Lipinski definition) is 3. The van der Waals surface area contributed by atoms with Gasteiger partial charge in [-0.3, -0.25) is 4.79 Å². The van der Waals surface area contributed by atoms with Crippen molar-refractivity contribution in [2.75, 3.05) is 13.2 Å². The maximum atomic E-state index is 11.1. The van der Waals surface area contributed by atoms with E-state index in [9.17, 15) is 9.90 Å². The van der Waals surface area contributed by atoms with Crippen molar-refractivity contribution in [2.45, 2.75) is 105 Å². The molecule has 0 aromatic carbocycles. The van der Waals surface area contributed by atoms with Crippen molar-refractivity contribution in [2.24, 2.45) is 22.7 Å². The van der Waals surface area contributed by atoms with Crippen LogP contribution < -0.4 is 0 Å². The monoisotopic (exact) mass is 384 g/mol. The normalized spacial score (nSPS) is 23.7. The lowest BCUT2D eigenvalue weighted by atomic mass is 9.67. The van der Waals surface area contributed by atoms with Crippen molar-refractivity contribution >= 4 is 5.97 Å². The van der Waals surface area contributed by atoms with Crippen LogP contribution in [0, 0.1) is 22.7 Å². The molecular weight excluding hydrogens is 340 g/mol. The molecule has 0 unspecified atom stereocenters. The van der Waals surface area contributed by atoms with Crippen LogP contribution in [0.4, 0.5) is 0 Å². The highest BCUT2D eigenvalue weighted by molar-refractivity contribution is 5.70. The van der Waals surface area contributed by atoms with Crippen LogP contribution in [0.3, 0.4) is 0 Å². The lowest BCUT2D eigenvalue weighted by Crippen LogP contribution is -2.29. The SMILES string of the molecule is CC(C)(C)C(C)(C)CCCCCCCCCO[C@H]1C[C@@H](C(=O)O)C[C@H]1CO. The summed E-state index contributed by atoms with van der Waals surface area (Å²) in [6, 6.07) is 0. The van der Waals surface area contributed by atoms with Gasteiger partial charge in [-0.1, -0.05) is 73.1 Å². The Hall–Kier alpha value is -0.610. The van der Waals surface area contributed by atoms with Gasteiger partial charge in [-0.15, -0.1) is 0 Å². The van der Waals surface area contributed by atoms with Gasteiger partial charge in [0.1, 0.15) is 0 Å². The van der Waals surface area contributed by atoms with E-state index in [0.29, 0.717) is 30.3 Å².